The summed E-state index contributed by atoms with van der Waals surface area (Å²) in [5.74, 6) is 1.16. The number of carbonyl (C=O) groups is 1. The highest BCUT2D eigenvalue weighted by molar-refractivity contribution is 5.95. The molecule has 2 heterocycles. The molecular weight excluding hydrogens is 328 g/mol. The minimum Gasteiger partial charge on any atom is -0.345 e. The molecule has 2 aromatic carbocycles. The number of imidazole rings is 1. The molecule has 0 radical (unpaired) electrons. The molecule has 0 unspecified atom stereocenters. The minimum absolute atomic E-state index is 0.173. The van der Waals surface area contributed by atoms with Gasteiger partial charge in [-0.1, -0.05) is 18.2 Å². The number of H-pyrrole nitrogens is 1. The SMILES string of the molecule is O=C(NCc1nc2ccccc2[nH]1)c1cccc(Nc2cnccn2)c1. The lowest BCUT2D eigenvalue weighted by Gasteiger charge is -2.07. The molecule has 0 spiro atoms. The normalized spacial score (nSPS) is 10.6. The first-order chi connectivity index (χ1) is 12.8. The van der Waals surface area contributed by atoms with Gasteiger partial charge in [-0.05, 0) is 30.3 Å². The van der Waals surface area contributed by atoms with E-state index in [9.17, 15) is 4.79 Å². The molecule has 3 N–H and O–H groups in total. The lowest BCUT2D eigenvalue weighted by Crippen LogP contribution is -2.23. The third-order valence-electron chi connectivity index (χ3n) is 3.82. The average molecular weight is 344 g/mol. The van der Waals surface area contributed by atoms with Crippen molar-refractivity contribution in [2.24, 2.45) is 0 Å². The van der Waals surface area contributed by atoms with Crippen molar-refractivity contribution in [3.8, 4) is 0 Å². The van der Waals surface area contributed by atoms with Gasteiger partial charge in [0.2, 0.25) is 0 Å². The number of nitrogens with one attached hydrogen (secondary N) is 3. The second kappa shape index (κ2) is 7.02. The van der Waals surface area contributed by atoms with Crippen molar-refractivity contribution in [2.75, 3.05) is 5.32 Å². The summed E-state index contributed by atoms with van der Waals surface area (Å²) < 4.78 is 0. The van der Waals surface area contributed by atoms with E-state index in [4.69, 9.17) is 0 Å². The number of aromatic nitrogens is 4. The Hall–Kier alpha value is -3.74. The van der Waals surface area contributed by atoms with E-state index in [2.05, 4.69) is 30.6 Å². The molecule has 0 saturated heterocycles. The fourth-order valence-electron chi connectivity index (χ4n) is 2.61. The van der Waals surface area contributed by atoms with Crippen LogP contribution in [0.25, 0.3) is 11.0 Å². The second-order valence-corrected chi connectivity index (χ2v) is 5.68. The maximum atomic E-state index is 12.4. The van der Waals surface area contributed by atoms with Crippen LogP contribution in [0.5, 0.6) is 0 Å². The summed E-state index contributed by atoms with van der Waals surface area (Å²) in [6, 6.07) is 15.0. The van der Waals surface area contributed by atoms with Gasteiger partial charge in [0.1, 0.15) is 11.6 Å². The molecule has 0 aliphatic rings. The van der Waals surface area contributed by atoms with Crippen molar-refractivity contribution < 1.29 is 4.79 Å². The van der Waals surface area contributed by atoms with Crippen LogP contribution in [0.3, 0.4) is 0 Å². The predicted octanol–water partition coefficient (Wildman–Crippen LogP) is 3.03. The quantitative estimate of drug-likeness (QED) is 0.517. The van der Waals surface area contributed by atoms with Gasteiger partial charge in [-0.15, -0.1) is 0 Å². The molecular formula is C19H16N6O. The van der Waals surface area contributed by atoms with Crippen LogP contribution in [-0.4, -0.2) is 25.8 Å². The van der Waals surface area contributed by atoms with Gasteiger partial charge >= 0.3 is 0 Å². The molecule has 128 valence electrons. The molecule has 0 aliphatic carbocycles. The first-order valence-electron chi connectivity index (χ1n) is 8.13. The van der Waals surface area contributed by atoms with Crippen LogP contribution >= 0.6 is 0 Å². The van der Waals surface area contributed by atoms with Gasteiger partial charge in [-0.2, -0.15) is 0 Å². The first-order valence-corrected chi connectivity index (χ1v) is 8.13. The second-order valence-electron chi connectivity index (χ2n) is 5.68. The van der Waals surface area contributed by atoms with Crippen molar-refractivity contribution in [1.29, 1.82) is 0 Å². The average Bonchev–Trinajstić information content (AvgIpc) is 3.10. The summed E-state index contributed by atoms with van der Waals surface area (Å²) >= 11 is 0. The summed E-state index contributed by atoms with van der Waals surface area (Å²) in [6.45, 7) is 0.329. The number of para-hydroxylation sites is 2. The molecule has 0 saturated carbocycles. The van der Waals surface area contributed by atoms with E-state index >= 15 is 0 Å². The standard InChI is InChI=1S/C19H16N6O/c26-19(22-12-18-24-15-6-1-2-7-16(15)25-18)13-4-3-5-14(10-13)23-17-11-20-8-9-21-17/h1-11H,12H2,(H,21,23)(H,22,26)(H,24,25). The highest BCUT2D eigenvalue weighted by Gasteiger charge is 2.08. The summed E-state index contributed by atoms with van der Waals surface area (Å²) in [5, 5.41) is 6.00. The number of fused-ring (bicyclic) bond motifs is 1. The number of amides is 1. The fraction of sp³-hybridized carbons (Fsp3) is 0.0526. The third kappa shape index (κ3) is 3.51. The highest BCUT2D eigenvalue weighted by Crippen LogP contribution is 2.15. The zero-order valence-corrected chi connectivity index (χ0v) is 13.8. The number of hydrogen-bond donors (Lipinski definition) is 3. The van der Waals surface area contributed by atoms with Crippen LogP contribution in [0.2, 0.25) is 0 Å². The number of hydrogen-bond acceptors (Lipinski definition) is 5. The van der Waals surface area contributed by atoms with Gasteiger partial charge in [0.05, 0.1) is 23.8 Å². The third-order valence-corrected chi connectivity index (χ3v) is 3.82. The van der Waals surface area contributed by atoms with Crippen molar-refractivity contribution in [3.63, 3.8) is 0 Å². The Morgan fingerprint density at radius 2 is 2.00 bits per heavy atom. The monoisotopic (exact) mass is 344 g/mol. The molecule has 4 aromatic rings. The molecule has 7 heteroatoms. The number of nitrogens with zero attached hydrogens (tertiary/aromatic N) is 3. The maximum absolute atomic E-state index is 12.4. The minimum atomic E-state index is -0.173. The lowest BCUT2D eigenvalue weighted by atomic mass is 10.2. The number of carbonyl (C=O) groups excluding carboxylic acids is 1. The Balaban J connectivity index is 1.43. The molecule has 1 amide bonds. The van der Waals surface area contributed by atoms with Gasteiger partial charge in [0.25, 0.3) is 5.91 Å². The number of anilines is 2. The molecule has 0 atom stereocenters. The zero-order chi connectivity index (χ0) is 17.8. The largest absolute Gasteiger partial charge is 0.345 e. The smallest absolute Gasteiger partial charge is 0.251 e. The fourth-order valence-corrected chi connectivity index (χ4v) is 2.61. The van der Waals surface area contributed by atoms with E-state index in [1.54, 1.807) is 30.7 Å². The van der Waals surface area contributed by atoms with Crippen LogP contribution in [0.1, 0.15) is 16.2 Å². The molecule has 2 aromatic heterocycles. The number of aromatic amines is 1. The Kier molecular flexibility index (Phi) is 4.26. The van der Waals surface area contributed by atoms with Crippen molar-refractivity contribution in [1.82, 2.24) is 25.3 Å². The number of benzene rings is 2. The first kappa shape index (κ1) is 15.8. The van der Waals surface area contributed by atoms with Crippen LogP contribution < -0.4 is 10.6 Å². The predicted molar refractivity (Wildman–Crippen MR) is 99.0 cm³/mol. The van der Waals surface area contributed by atoms with E-state index in [0.29, 0.717) is 23.8 Å². The van der Waals surface area contributed by atoms with Gasteiger partial charge in [-0.25, -0.2) is 9.97 Å². The van der Waals surface area contributed by atoms with E-state index in [1.807, 2.05) is 36.4 Å². The lowest BCUT2D eigenvalue weighted by molar-refractivity contribution is 0.0950. The summed E-state index contributed by atoms with van der Waals surface area (Å²) in [4.78, 5) is 28.2. The van der Waals surface area contributed by atoms with Gasteiger partial charge in [0, 0.05) is 23.6 Å². The van der Waals surface area contributed by atoms with Crippen LogP contribution in [0.15, 0.2) is 67.1 Å². The van der Waals surface area contributed by atoms with Crippen LogP contribution in [0.4, 0.5) is 11.5 Å². The molecule has 4 rings (SSSR count). The van der Waals surface area contributed by atoms with Crippen LogP contribution in [-0.2, 0) is 6.54 Å². The van der Waals surface area contributed by atoms with E-state index in [-0.39, 0.29) is 5.91 Å². The topological polar surface area (TPSA) is 95.6 Å². The van der Waals surface area contributed by atoms with Gasteiger partial charge < -0.3 is 15.6 Å². The Labute approximate surface area is 149 Å². The van der Waals surface area contributed by atoms with Crippen LogP contribution in [0, 0.1) is 0 Å². The molecule has 0 fully saturated rings. The number of rotatable bonds is 5. The zero-order valence-electron chi connectivity index (χ0n) is 13.8. The highest BCUT2D eigenvalue weighted by atomic mass is 16.1. The van der Waals surface area contributed by atoms with E-state index in [1.165, 1.54) is 0 Å². The van der Waals surface area contributed by atoms with E-state index < -0.39 is 0 Å². The molecule has 0 aliphatic heterocycles. The summed E-state index contributed by atoms with van der Waals surface area (Å²) in [6.07, 6.45) is 4.83. The molecule has 0 bridgehead atoms. The van der Waals surface area contributed by atoms with Gasteiger partial charge in [0.15, 0.2) is 0 Å². The Morgan fingerprint density at radius 3 is 2.85 bits per heavy atom. The Morgan fingerprint density at radius 1 is 1.08 bits per heavy atom. The summed E-state index contributed by atoms with van der Waals surface area (Å²) in [7, 11) is 0. The van der Waals surface area contributed by atoms with Crippen molar-refractivity contribution in [2.45, 2.75) is 6.54 Å². The maximum Gasteiger partial charge on any atom is 0.251 e. The van der Waals surface area contributed by atoms with Crippen molar-refractivity contribution >= 4 is 28.4 Å². The molecule has 26 heavy (non-hydrogen) atoms. The van der Waals surface area contributed by atoms with Gasteiger partial charge in [-0.3, -0.25) is 9.78 Å². The van der Waals surface area contributed by atoms with E-state index in [0.717, 1.165) is 16.7 Å². The van der Waals surface area contributed by atoms with Crippen molar-refractivity contribution in [3.05, 3.63) is 78.5 Å². The molecule has 7 nitrogen and oxygen atoms in total. The summed E-state index contributed by atoms with van der Waals surface area (Å²) in [5.41, 5.74) is 3.15. The Bertz CT molecular complexity index is 1010.